The molecule has 0 saturated carbocycles. The predicted molar refractivity (Wildman–Crippen MR) is 110 cm³/mol. The van der Waals surface area contributed by atoms with Gasteiger partial charge in [-0.3, -0.25) is 10.00 Å². The van der Waals surface area contributed by atoms with E-state index in [0.717, 1.165) is 51.9 Å². The molecule has 3 N–H and O–H groups in total. The number of guanidine groups is 1. The van der Waals surface area contributed by atoms with Crippen molar-refractivity contribution in [3.05, 3.63) is 24.2 Å². The number of halogens is 1. The van der Waals surface area contributed by atoms with E-state index in [4.69, 9.17) is 9.15 Å². The fourth-order valence-electron chi connectivity index (χ4n) is 2.53. The number of furan rings is 1. The van der Waals surface area contributed by atoms with Crippen LogP contribution >= 0.6 is 24.0 Å². The lowest BCUT2D eigenvalue weighted by atomic mass is 10.4. The SMILES string of the molecule is CCNC(=NCc1nc(-c2ccco2)n[nH]1)NCCN1CCOCC1.I. The fraction of sp³-hybridized carbons (Fsp3) is 0.562. The van der Waals surface area contributed by atoms with E-state index in [0.29, 0.717) is 24.0 Å². The molecule has 3 rings (SSSR count). The molecular weight excluding hydrogens is 449 g/mol. The summed E-state index contributed by atoms with van der Waals surface area (Å²) >= 11 is 0. The molecule has 0 radical (unpaired) electrons. The quantitative estimate of drug-likeness (QED) is 0.313. The molecule has 2 aromatic heterocycles. The zero-order chi connectivity index (χ0) is 17.3. The van der Waals surface area contributed by atoms with Gasteiger partial charge in [0, 0.05) is 32.7 Å². The van der Waals surface area contributed by atoms with Crippen molar-refractivity contribution < 1.29 is 9.15 Å². The van der Waals surface area contributed by atoms with Gasteiger partial charge in [-0.2, -0.15) is 0 Å². The highest BCUT2D eigenvalue weighted by atomic mass is 127. The third kappa shape index (κ3) is 6.25. The summed E-state index contributed by atoms with van der Waals surface area (Å²) < 4.78 is 10.6. The standard InChI is InChI=1S/C16H25N7O2.HI/c1-2-17-16(18-5-6-23-7-10-24-11-8-23)19-12-14-20-15(22-21-14)13-4-3-9-25-13;/h3-4,9H,2,5-8,10-12H2,1H3,(H2,17,18,19)(H,20,21,22);1H. The van der Waals surface area contributed by atoms with Crippen molar-refractivity contribution in [2.45, 2.75) is 13.5 Å². The lowest BCUT2D eigenvalue weighted by Gasteiger charge is -2.26. The summed E-state index contributed by atoms with van der Waals surface area (Å²) in [7, 11) is 0. The molecule has 0 unspecified atom stereocenters. The second kappa shape index (κ2) is 11.1. The Kier molecular flexibility index (Phi) is 8.85. The average molecular weight is 475 g/mol. The Bertz CT molecular complexity index is 653. The largest absolute Gasteiger partial charge is 0.461 e. The molecule has 0 aromatic carbocycles. The Labute approximate surface area is 170 Å². The summed E-state index contributed by atoms with van der Waals surface area (Å²) in [5, 5.41) is 13.6. The van der Waals surface area contributed by atoms with Crippen LogP contribution in [-0.4, -0.2) is 72.0 Å². The molecule has 10 heteroatoms. The first-order chi connectivity index (χ1) is 12.3. The van der Waals surface area contributed by atoms with Gasteiger partial charge in [0.1, 0.15) is 12.4 Å². The summed E-state index contributed by atoms with van der Waals surface area (Å²) in [5.74, 6) is 2.64. The number of nitrogens with one attached hydrogen (secondary N) is 3. The second-order valence-corrected chi connectivity index (χ2v) is 5.66. The normalized spacial score (nSPS) is 15.5. The van der Waals surface area contributed by atoms with E-state index in [9.17, 15) is 0 Å². The highest BCUT2D eigenvalue weighted by Gasteiger charge is 2.10. The van der Waals surface area contributed by atoms with Gasteiger partial charge in [-0.1, -0.05) is 0 Å². The Balaban J connectivity index is 0.00000243. The molecule has 0 aliphatic carbocycles. The van der Waals surface area contributed by atoms with Crippen molar-refractivity contribution in [2.24, 2.45) is 4.99 Å². The van der Waals surface area contributed by atoms with Crippen LogP contribution in [0.2, 0.25) is 0 Å². The van der Waals surface area contributed by atoms with E-state index in [-0.39, 0.29) is 24.0 Å². The first kappa shape index (κ1) is 20.6. The molecule has 1 saturated heterocycles. The number of ether oxygens (including phenoxy) is 1. The molecule has 1 aliphatic rings. The molecular formula is C16H26IN7O2. The number of aliphatic imine (C=N–C) groups is 1. The van der Waals surface area contributed by atoms with Crippen LogP contribution in [0.5, 0.6) is 0 Å². The molecule has 0 amide bonds. The maximum Gasteiger partial charge on any atom is 0.216 e. The zero-order valence-corrected chi connectivity index (χ0v) is 17.2. The highest BCUT2D eigenvalue weighted by Crippen LogP contribution is 2.14. The fourth-order valence-corrected chi connectivity index (χ4v) is 2.53. The number of H-pyrrole nitrogens is 1. The lowest BCUT2D eigenvalue weighted by Crippen LogP contribution is -2.44. The molecule has 0 spiro atoms. The topological polar surface area (TPSA) is 104 Å². The predicted octanol–water partition coefficient (Wildman–Crippen LogP) is 1.07. The summed E-state index contributed by atoms with van der Waals surface area (Å²) in [6.45, 7) is 8.68. The third-order valence-electron chi connectivity index (χ3n) is 3.83. The van der Waals surface area contributed by atoms with Crippen molar-refractivity contribution in [3.8, 4) is 11.6 Å². The smallest absolute Gasteiger partial charge is 0.216 e. The molecule has 0 bridgehead atoms. The molecule has 26 heavy (non-hydrogen) atoms. The first-order valence-electron chi connectivity index (χ1n) is 8.62. The van der Waals surface area contributed by atoms with Gasteiger partial charge >= 0.3 is 0 Å². The maximum atomic E-state index is 5.36. The van der Waals surface area contributed by atoms with Crippen molar-refractivity contribution >= 4 is 29.9 Å². The molecule has 1 fully saturated rings. The van der Waals surface area contributed by atoms with Crippen LogP contribution in [0.25, 0.3) is 11.6 Å². The number of aromatic amines is 1. The monoisotopic (exact) mass is 475 g/mol. The van der Waals surface area contributed by atoms with Gasteiger partial charge in [-0.05, 0) is 19.1 Å². The van der Waals surface area contributed by atoms with E-state index in [1.54, 1.807) is 6.26 Å². The van der Waals surface area contributed by atoms with Crippen molar-refractivity contribution in [2.75, 3.05) is 45.9 Å². The highest BCUT2D eigenvalue weighted by molar-refractivity contribution is 14.0. The van der Waals surface area contributed by atoms with Crippen LogP contribution in [0, 0.1) is 0 Å². The summed E-state index contributed by atoms with van der Waals surface area (Å²) in [6, 6.07) is 3.64. The third-order valence-corrected chi connectivity index (χ3v) is 3.83. The average Bonchev–Trinajstić information content (AvgIpc) is 3.32. The summed E-state index contributed by atoms with van der Waals surface area (Å²) in [4.78, 5) is 11.3. The van der Waals surface area contributed by atoms with Crippen LogP contribution in [0.1, 0.15) is 12.7 Å². The zero-order valence-electron chi connectivity index (χ0n) is 14.9. The minimum atomic E-state index is 0. The van der Waals surface area contributed by atoms with Crippen LogP contribution in [0.3, 0.4) is 0 Å². The minimum absolute atomic E-state index is 0. The first-order valence-corrected chi connectivity index (χ1v) is 8.62. The van der Waals surface area contributed by atoms with Crippen LogP contribution in [0.15, 0.2) is 27.8 Å². The maximum absolute atomic E-state index is 5.36. The van der Waals surface area contributed by atoms with Crippen molar-refractivity contribution in [1.29, 1.82) is 0 Å². The van der Waals surface area contributed by atoms with Gasteiger partial charge < -0.3 is 19.8 Å². The molecule has 0 atom stereocenters. The number of nitrogens with zero attached hydrogens (tertiary/aromatic N) is 4. The van der Waals surface area contributed by atoms with Crippen LogP contribution < -0.4 is 10.6 Å². The van der Waals surface area contributed by atoms with E-state index in [1.807, 2.05) is 19.1 Å². The number of hydrogen-bond acceptors (Lipinski definition) is 6. The Hall–Kier alpha value is -1.66. The summed E-state index contributed by atoms with van der Waals surface area (Å²) in [6.07, 6.45) is 1.60. The van der Waals surface area contributed by atoms with Gasteiger partial charge in [0.25, 0.3) is 0 Å². The number of rotatable bonds is 7. The number of hydrogen-bond donors (Lipinski definition) is 3. The van der Waals surface area contributed by atoms with Gasteiger partial charge in [-0.15, -0.1) is 29.1 Å². The van der Waals surface area contributed by atoms with E-state index in [1.165, 1.54) is 0 Å². The Morgan fingerprint density at radius 3 is 2.92 bits per heavy atom. The van der Waals surface area contributed by atoms with E-state index >= 15 is 0 Å². The van der Waals surface area contributed by atoms with Crippen LogP contribution in [0.4, 0.5) is 0 Å². The van der Waals surface area contributed by atoms with Crippen molar-refractivity contribution in [1.82, 2.24) is 30.7 Å². The molecule has 144 valence electrons. The van der Waals surface area contributed by atoms with Gasteiger partial charge in [-0.25, -0.2) is 9.98 Å². The second-order valence-electron chi connectivity index (χ2n) is 5.66. The van der Waals surface area contributed by atoms with E-state index in [2.05, 4.69) is 35.7 Å². The number of morpholine rings is 1. The lowest BCUT2D eigenvalue weighted by molar-refractivity contribution is 0.0389. The molecule has 9 nitrogen and oxygen atoms in total. The van der Waals surface area contributed by atoms with Crippen molar-refractivity contribution in [3.63, 3.8) is 0 Å². The molecule has 2 aromatic rings. The van der Waals surface area contributed by atoms with Gasteiger partial charge in [0.05, 0.1) is 19.5 Å². The van der Waals surface area contributed by atoms with E-state index < -0.39 is 0 Å². The van der Waals surface area contributed by atoms with Gasteiger partial charge in [0.2, 0.25) is 5.82 Å². The van der Waals surface area contributed by atoms with Crippen LogP contribution in [-0.2, 0) is 11.3 Å². The molecule has 1 aliphatic heterocycles. The Morgan fingerprint density at radius 2 is 2.19 bits per heavy atom. The number of aromatic nitrogens is 3. The molecule has 3 heterocycles. The Morgan fingerprint density at radius 1 is 1.35 bits per heavy atom. The summed E-state index contributed by atoms with van der Waals surface area (Å²) in [5.41, 5.74) is 0. The van der Waals surface area contributed by atoms with Gasteiger partial charge in [0.15, 0.2) is 11.7 Å². The minimum Gasteiger partial charge on any atom is -0.461 e.